The van der Waals surface area contributed by atoms with Crippen molar-refractivity contribution in [3.05, 3.63) is 189 Å². The number of piperidine rings is 2. The molecule has 2 spiro atoms. The van der Waals surface area contributed by atoms with Gasteiger partial charge >= 0.3 is 20.0 Å². The Morgan fingerprint density at radius 3 is 1.37 bits per heavy atom. The van der Waals surface area contributed by atoms with Crippen LogP contribution in [-0.4, -0.2) is 141 Å². The third kappa shape index (κ3) is 11.2. The van der Waals surface area contributed by atoms with Gasteiger partial charge in [0.25, 0.3) is 23.6 Å². The molecule has 8 aliphatic rings. The highest BCUT2D eigenvalue weighted by atomic mass is 35.5. The minimum atomic E-state index is -4.32. The molecule has 17 nitrogen and oxygen atoms in total. The van der Waals surface area contributed by atoms with Crippen molar-refractivity contribution < 1.29 is 53.9 Å². The number of benzene rings is 6. The smallest absolute Gasteiger partial charge is 0.332 e. The second-order valence-electron chi connectivity index (χ2n) is 25.9. The van der Waals surface area contributed by atoms with Gasteiger partial charge in [-0.2, -0.15) is 24.6 Å². The average molecular weight is 1320 g/mol. The Bertz CT molecular complexity index is 4060. The van der Waals surface area contributed by atoms with Gasteiger partial charge < -0.3 is 35.8 Å². The molecule has 6 heterocycles. The van der Waals surface area contributed by atoms with Gasteiger partial charge in [0.15, 0.2) is 24.5 Å². The lowest BCUT2D eigenvalue weighted by atomic mass is 9.68. The number of rotatable bonds is 16. The molecule has 4 N–H and O–H groups in total. The predicted molar refractivity (Wildman–Crippen MR) is 343 cm³/mol. The van der Waals surface area contributed by atoms with Crippen molar-refractivity contribution in [1.82, 2.24) is 38.8 Å². The van der Waals surface area contributed by atoms with E-state index in [1.807, 2.05) is 24.3 Å². The number of fused-ring (bicyclic) bond motifs is 4. The second-order valence-corrected chi connectivity index (χ2v) is 30.4. The Morgan fingerprint density at radius 2 is 0.957 bits per heavy atom. The molecule has 0 radical (unpaired) electrons. The van der Waals surface area contributed by atoms with Crippen molar-refractivity contribution in [2.45, 2.75) is 104 Å². The quantitative estimate of drug-likeness (QED) is 0.0677. The summed E-state index contributed by atoms with van der Waals surface area (Å²) >= 11 is 6.34. The van der Waals surface area contributed by atoms with E-state index in [2.05, 4.69) is 21.3 Å². The van der Waals surface area contributed by atoms with Gasteiger partial charge in [-0.1, -0.05) is 48.0 Å². The highest BCUT2D eigenvalue weighted by molar-refractivity contribution is 7.91. The molecule has 4 unspecified atom stereocenters. The lowest BCUT2D eigenvalue weighted by molar-refractivity contribution is -0.136. The largest absolute Gasteiger partial charge is 0.378 e. The van der Waals surface area contributed by atoms with Crippen LogP contribution in [0.1, 0.15) is 101 Å². The number of morpholine rings is 1. The van der Waals surface area contributed by atoms with E-state index in [4.69, 9.17) is 16.3 Å². The molecule has 0 aromatic heterocycles. The fourth-order valence-corrected chi connectivity index (χ4v) is 20.7. The summed E-state index contributed by atoms with van der Waals surface area (Å²) in [6.07, 6.45) is 6.90. The van der Waals surface area contributed by atoms with E-state index in [0.717, 1.165) is 73.1 Å². The molecule has 23 heteroatoms. The molecular weight excluding hydrogens is 1240 g/mol. The van der Waals surface area contributed by atoms with Crippen LogP contribution in [0.5, 0.6) is 0 Å². The van der Waals surface area contributed by atoms with Crippen LogP contribution in [0.4, 0.5) is 24.5 Å². The molecule has 92 heavy (non-hydrogen) atoms. The van der Waals surface area contributed by atoms with Crippen molar-refractivity contribution in [1.29, 1.82) is 0 Å². The van der Waals surface area contributed by atoms with Crippen LogP contribution in [0.2, 0.25) is 5.02 Å². The van der Waals surface area contributed by atoms with E-state index in [-0.39, 0.29) is 65.5 Å². The normalized spacial score (nSPS) is 23.8. The zero-order valence-electron chi connectivity index (χ0n) is 51.1. The summed E-state index contributed by atoms with van der Waals surface area (Å²) in [5.41, 5.74) is 3.34. The first-order valence-corrected chi connectivity index (χ1v) is 35.3. The predicted octanol–water partition coefficient (Wildman–Crippen LogP) is 8.61. The van der Waals surface area contributed by atoms with Crippen molar-refractivity contribution in [2.24, 2.45) is 11.8 Å². The van der Waals surface area contributed by atoms with Gasteiger partial charge in [-0.3, -0.25) is 19.2 Å². The van der Waals surface area contributed by atoms with Crippen LogP contribution in [0.25, 0.3) is 0 Å². The fraction of sp³-hybridized carbons (Fsp3) is 0.420. The highest BCUT2D eigenvalue weighted by Crippen LogP contribution is 2.64. The number of carbonyl (C=O) groups excluding carboxylic acids is 4. The monoisotopic (exact) mass is 1320 g/mol. The number of likely N-dealkylation sites (tertiary alicyclic amines) is 1. The molecule has 4 atom stereocenters. The maximum absolute atomic E-state index is 15.3. The van der Waals surface area contributed by atoms with Gasteiger partial charge in [0, 0.05) is 96.1 Å². The number of amides is 4. The van der Waals surface area contributed by atoms with Crippen LogP contribution in [-0.2, 0) is 58.3 Å². The van der Waals surface area contributed by atoms with E-state index in [1.165, 1.54) is 30.3 Å². The summed E-state index contributed by atoms with van der Waals surface area (Å²) in [4.78, 5) is 58.6. The van der Waals surface area contributed by atoms with Crippen LogP contribution in [0, 0.1) is 29.3 Å². The first-order chi connectivity index (χ1) is 44.3. The van der Waals surface area contributed by atoms with Crippen molar-refractivity contribution in [2.75, 3.05) is 78.7 Å². The van der Waals surface area contributed by atoms with Crippen LogP contribution in [0.3, 0.4) is 0 Å². The third-order valence-electron chi connectivity index (χ3n) is 20.8. The first kappa shape index (κ1) is 63.7. The molecule has 2 saturated carbocycles. The summed E-state index contributed by atoms with van der Waals surface area (Å²) < 4.78 is 108. The van der Waals surface area contributed by atoms with Crippen molar-refractivity contribution in [3.8, 4) is 0 Å². The zero-order chi connectivity index (χ0) is 64.2. The minimum absolute atomic E-state index is 0.00559. The molecule has 2 aliphatic carbocycles. The SMILES string of the molecule is O=C(NCc1ccccc1Cl)c1ccc2c(c1)C1(CCNCC1)C(C1CC1)[N+]2(CC(=O)N1CCOCC1)S(=O)(=O)c1ccc(F)cc1.O=C(NCc1ccccc1F)c1ccc2c(c1)C1(CCNCC1)C(C1CC1)[N+]2(CC(=O)N1CCC1)S(=O)(=O)c1ccc(F)cc1. The zero-order valence-corrected chi connectivity index (χ0v) is 53.5. The Morgan fingerprint density at radius 1 is 0.543 bits per heavy atom. The van der Waals surface area contributed by atoms with Crippen LogP contribution in [0.15, 0.2) is 143 Å². The minimum Gasteiger partial charge on any atom is -0.378 e. The Labute approximate surface area is 539 Å². The van der Waals surface area contributed by atoms with E-state index in [0.29, 0.717) is 124 Å². The number of sulfonamides is 2. The lowest BCUT2D eigenvalue weighted by Crippen LogP contribution is -2.68. The van der Waals surface area contributed by atoms with Gasteiger partial charge in [-0.25, -0.2) is 13.2 Å². The fourth-order valence-electron chi connectivity index (χ4n) is 16.0. The Hall–Kier alpha value is -7.02. The van der Waals surface area contributed by atoms with Crippen molar-refractivity contribution in [3.63, 3.8) is 0 Å². The standard InChI is InChI=1S/C35H38ClFN4O5S.C34H36F2N4O4S/c36-30-4-2-1-3-26(30)22-39-34(43)25-7-12-31-29(21-25)35(13-15-38-16-14-35)33(24-5-6-24)41(31,23-32(42)40-17-19-46-20-18-40)47(44,45)28-10-8-27(37)9-11-28;35-26-9-11-27(12-10-26)45(43,44)40(22-31(41)39-18-3-19-39)30-13-8-24(33(42)38-21-25-4-1-2-5-29(25)36)20-28(30)34(14-16-37-17-15-34)32(40)23-6-7-23/h1-4,7-12,21,24,33,38H,5-6,13-20,22-23H2;1-2,4-5,8-13,20,23,32,37H,3,6-7,14-19,21-22H2/p+2. The maximum atomic E-state index is 15.3. The third-order valence-corrected chi connectivity index (χ3v) is 25.7. The second kappa shape index (κ2) is 25.4. The van der Waals surface area contributed by atoms with Gasteiger partial charge in [0.05, 0.1) is 24.0 Å². The Kier molecular flexibility index (Phi) is 17.6. The molecule has 0 bridgehead atoms. The van der Waals surface area contributed by atoms with E-state index >= 15 is 16.8 Å². The number of nitrogens with zero attached hydrogens (tertiary/aromatic N) is 4. The number of hydrogen-bond acceptors (Lipinski definition) is 11. The van der Waals surface area contributed by atoms with Crippen molar-refractivity contribution >= 4 is 66.7 Å². The number of quaternary nitrogens is 2. The summed E-state index contributed by atoms with van der Waals surface area (Å²) in [6.45, 7) is 5.12. The average Bonchev–Trinajstić information content (AvgIpc) is 1.51. The van der Waals surface area contributed by atoms with E-state index in [9.17, 15) is 32.3 Å². The number of nitrogens with one attached hydrogen (secondary N) is 4. The van der Waals surface area contributed by atoms with E-state index < -0.39 is 74.1 Å². The molecule has 14 rings (SSSR count). The molecule has 4 saturated heterocycles. The maximum Gasteiger partial charge on any atom is 0.332 e. The number of hydrogen-bond donors (Lipinski definition) is 4. The molecule has 6 fully saturated rings. The number of carbonyl (C=O) groups is 4. The van der Waals surface area contributed by atoms with Crippen LogP contribution < -0.4 is 29.0 Å². The van der Waals surface area contributed by atoms with Gasteiger partial charge in [-0.15, -0.1) is 0 Å². The number of ether oxygens (including phenoxy) is 1. The summed E-state index contributed by atoms with van der Waals surface area (Å²) in [5.74, 6) is -2.54. The van der Waals surface area contributed by atoms with Gasteiger partial charge in [-0.05, 0) is 174 Å². The topological polar surface area (TPSA) is 200 Å². The van der Waals surface area contributed by atoms with Gasteiger partial charge in [0.1, 0.15) is 39.3 Å². The molecule has 4 amide bonds. The molecule has 6 aromatic carbocycles. The summed E-state index contributed by atoms with van der Waals surface area (Å²) in [7, 11) is -8.62. The number of halogens is 4. The molecule has 6 aromatic rings. The Balaban J connectivity index is 0.000000168. The molecule has 6 aliphatic heterocycles. The van der Waals surface area contributed by atoms with Gasteiger partial charge in [0.2, 0.25) is 0 Å². The lowest BCUT2D eigenvalue weighted by Gasteiger charge is -2.46. The molecular formula is C69H76ClF3N8O9S2+2. The summed E-state index contributed by atoms with van der Waals surface area (Å²) in [5, 5.41) is 13.2. The highest BCUT2D eigenvalue weighted by Gasteiger charge is 2.73. The van der Waals surface area contributed by atoms with E-state index in [1.54, 1.807) is 64.4 Å². The molecule has 484 valence electrons. The first-order valence-electron chi connectivity index (χ1n) is 32.0. The summed E-state index contributed by atoms with van der Waals surface area (Å²) in [6, 6.07) is 32.9. The van der Waals surface area contributed by atoms with Crippen LogP contribution >= 0.6 is 11.6 Å².